The zero-order chi connectivity index (χ0) is 16.7. The van der Waals surface area contributed by atoms with Crippen LogP contribution in [0.5, 0.6) is 5.75 Å². The molecule has 0 spiro atoms. The molecule has 0 aliphatic carbocycles. The van der Waals surface area contributed by atoms with Crippen molar-refractivity contribution in [1.29, 1.82) is 0 Å². The molecular formula is C14H14F6O2. The maximum absolute atomic E-state index is 13.2. The zero-order valence-corrected chi connectivity index (χ0v) is 11.8. The van der Waals surface area contributed by atoms with Crippen LogP contribution in [-0.4, -0.2) is 25.0 Å². The molecule has 0 amide bonds. The van der Waals surface area contributed by atoms with Gasteiger partial charge in [-0.1, -0.05) is 13.0 Å². The van der Waals surface area contributed by atoms with Gasteiger partial charge in [-0.2, -0.15) is 22.0 Å². The van der Waals surface area contributed by atoms with Gasteiger partial charge in [-0.3, -0.25) is 0 Å². The lowest BCUT2D eigenvalue weighted by Crippen LogP contribution is -2.46. The highest BCUT2D eigenvalue weighted by Gasteiger charge is 2.61. The third kappa shape index (κ3) is 2.88. The maximum Gasteiger partial charge on any atom is 0.417 e. The van der Waals surface area contributed by atoms with Gasteiger partial charge in [0.25, 0.3) is 0 Å². The van der Waals surface area contributed by atoms with Gasteiger partial charge in [0.05, 0.1) is 6.61 Å². The van der Waals surface area contributed by atoms with E-state index in [1.807, 2.05) is 0 Å². The molecule has 0 N–H and O–H groups in total. The van der Waals surface area contributed by atoms with Crippen molar-refractivity contribution in [2.75, 3.05) is 6.61 Å². The second kappa shape index (κ2) is 5.64. The SMILES string of the molecule is C[C@@H]1[C@H](c2ccc(F)cc2OC(F)F)COC1(C)C(F)(F)F. The van der Waals surface area contributed by atoms with Crippen molar-refractivity contribution in [3.05, 3.63) is 29.6 Å². The molecule has 0 saturated carbocycles. The Balaban J connectivity index is 2.38. The van der Waals surface area contributed by atoms with E-state index in [4.69, 9.17) is 4.74 Å². The summed E-state index contributed by atoms with van der Waals surface area (Å²) < 4.78 is 86.5. The third-order valence-electron chi connectivity index (χ3n) is 4.19. The molecule has 1 aromatic rings. The van der Waals surface area contributed by atoms with Gasteiger partial charge < -0.3 is 9.47 Å². The second-order valence-electron chi connectivity index (χ2n) is 5.37. The smallest absolute Gasteiger partial charge is 0.417 e. The largest absolute Gasteiger partial charge is 0.434 e. The lowest BCUT2D eigenvalue weighted by atomic mass is 9.79. The number of benzene rings is 1. The maximum atomic E-state index is 13.2. The molecule has 1 fully saturated rings. The summed E-state index contributed by atoms with van der Waals surface area (Å²) in [5, 5.41) is 0. The first-order valence-electron chi connectivity index (χ1n) is 6.51. The van der Waals surface area contributed by atoms with Crippen LogP contribution in [0, 0.1) is 11.7 Å². The Morgan fingerprint density at radius 1 is 1.32 bits per heavy atom. The Morgan fingerprint density at radius 2 is 1.95 bits per heavy atom. The van der Waals surface area contributed by atoms with E-state index in [0.29, 0.717) is 0 Å². The van der Waals surface area contributed by atoms with Crippen molar-refractivity contribution < 1.29 is 35.8 Å². The summed E-state index contributed by atoms with van der Waals surface area (Å²) in [4.78, 5) is 0. The van der Waals surface area contributed by atoms with Gasteiger partial charge in [-0.25, -0.2) is 4.39 Å². The summed E-state index contributed by atoms with van der Waals surface area (Å²) in [5.74, 6) is -3.16. The van der Waals surface area contributed by atoms with Crippen molar-refractivity contribution in [2.45, 2.75) is 38.2 Å². The van der Waals surface area contributed by atoms with Crippen molar-refractivity contribution in [1.82, 2.24) is 0 Å². The first-order chi connectivity index (χ1) is 10.1. The predicted octanol–water partition coefficient (Wildman–Crippen LogP) is 4.50. The lowest BCUT2D eigenvalue weighted by molar-refractivity contribution is -0.266. The molecule has 0 radical (unpaired) electrons. The van der Waals surface area contributed by atoms with Gasteiger partial charge >= 0.3 is 12.8 Å². The average Bonchev–Trinajstić information content (AvgIpc) is 2.67. The Labute approximate surface area is 123 Å². The second-order valence-corrected chi connectivity index (χ2v) is 5.37. The van der Waals surface area contributed by atoms with Gasteiger partial charge in [0.2, 0.25) is 0 Å². The summed E-state index contributed by atoms with van der Waals surface area (Å²) in [7, 11) is 0. The van der Waals surface area contributed by atoms with E-state index < -0.39 is 41.8 Å². The van der Waals surface area contributed by atoms with Crippen LogP contribution in [0.25, 0.3) is 0 Å². The molecule has 0 bridgehead atoms. The highest BCUT2D eigenvalue weighted by molar-refractivity contribution is 5.38. The fourth-order valence-electron chi connectivity index (χ4n) is 2.63. The topological polar surface area (TPSA) is 18.5 Å². The molecule has 124 valence electrons. The van der Waals surface area contributed by atoms with Crippen LogP contribution in [0.15, 0.2) is 18.2 Å². The van der Waals surface area contributed by atoms with E-state index in [1.165, 1.54) is 6.92 Å². The molecule has 1 unspecified atom stereocenters. The summed E-state index contributed by atoms with van der Waals surface area (Å²) in [6.45, 7) is -1.29. The summed E-state index contributed by atoms with van der Waals surface area (Å²) >= 11 is 0. The van der Waals surface area contributed by atoms with E-state index in [9.17, 15) is 26.3 Å². The summed E-state index contributed by atoms with van der Waals surface area (Å²) in [6, 6.07) is 2.88. The zero-order valence-electron chi connectivity index (χ0n) is 11.8. The van der Waals surface area contributed by atoms with E-state index in [-0.39, 0.29) is 12.2 Å². The summed E-state index contributed by atoms with van der Waals surface area (Å²) in [5.41, 5.74) is -2.32. The Morgan fingerprint density at radius 3 is 2.45 bits per heavy atom. The standard InChI is InChI=1S/C14H14F6O2/c1-7-10(6-21-13(7,2)14(18,19)20)9-4-3-8(15)5-11(9)22-12(16)17/h3-5,7,10,12H,6H2,1-2H3/t7-,10-,13?/m1/s1. The number of rotatable bonds is 3. The minimum Gasteiger partial charge on any atom is -0.434 e. The van der Waals surface area contributed by atoms with Crippen LogP contribution in [0.4, 0.5) is 26.3 Å². The fraction of sp³-hybridized carbons (Fsp3) is 0.571. The first-order valence-corrected chi connectivity index (χ1v) is 6.51. The first kappa shape index (κ1) is 16.9. The van der Waals surface area contributed by atoms with Crippen LogP contribution in [0.3, 0.4) is 0 Å². The Hall–Kier alpha value is -1.44. The minimum atomic E-state index is -4.61. The quantitative estimate of drug-likeness (QED) is 0.761. The normalized spacial score (nSPS) is 29.1. The monoisotopic (exact) mass is 328 g/mol. The van der Waals surface area contributed by atoms with Gasteiger partial charge in [0.1, 0.15) is 11.6 Å². The van der Waals surface area contributed by atoms with Crippen molar-refractivity contribution >= 4 is 0 Å². The highest BCUT2D eigenvalue weighted by atomic mass is 19.4. The lowest BCUT2D eigenvalue weighted by Gasteiger charge is -2.32. The number of hydrogen-bond donors (Lipinski definition) is 0. The molecule has 2 nitrogen and oxygen atoms in total. The van der Waals surface area contributed by atoms with Crippen LogP contribution in [-0.2, 0) is 4.74 Å². The molecule has 2 rings (SSSR count). The molecule has 1 aliphatic heterocycles. The molecule has 22 heavy (non-hydrogen) atoms. The van der Waals surface area contributed by atoms with Gasteiger partial charge in [-0.05, 0) is 13.0 Å². The third-order valence-corrected chi connectivity index (χ3v) is 4.19. The minimum absolute atomic E-state index is 0.0715. The van der Waals surface area contributed by atoms with Crippen LogP contribution in [0.2, 0.25) is 0 Å². The molecular weight excluding hydrogens is 314 g/mol. The average molecular weight is 328 g/mol. The van der Waals surface area contributed by atoms with Crippen molar-refractivity contribution in [2.24, 2.45) is 5.92 Å². The Kier molecular flexibility index (Phi) is 4.34. The van der Waals surface area contributed by atoms with Crippen LogP contribution in [0.1, 0.15) is 25.3 Å². The van der Waals surface area contributed by atoms with Crippen LogP contribution >= 0.6 is 0 Å². The van der Waals surface area contributed by atoms with Crippen molar-refractivity contribution in [3.63, 3.8) is 0 Å². The van der Waals surface area contributed by atoms with Gasteiger partial charge in [0.15, 0.2) is 5.60 Å². The number of alkyl halides is 5. The van der Waals surface area contributed by atoms with Gasteiger partial charge in [0, 0.05) is 23.5 Å². The van der Waals surface area contributed by atoms with Crippen LogP contribution < -0.4 is 4.74 Å². The summed E-state index contributed by atoms with van der Waals surface area (Å²) in [6.07, 6.45) is -4.61. The Bertz CT molecular complexity index is 545. The number of hydrogen-bond acceptors (Lipinski definition) is 2. The van der Waals surface area contributed by atoms with E-state index in [0.717, 1.165) is 25.1 Å². The molecule has 3 atom stereocenters. The molecule has 8 heteroatoms. The number of halogens is 6. The van der Waals surface area contributed by atoms with E-state index in [1.54, 1.807) is 0 Å². The van der Waals surface area contributed by atoms with E-state index in [2.05, 4.69) is 4.74 Å². The van der Waals surface area contributed by atoms with E-state index >= 15 is 0 Å². The molecule has 1 heterocycles. The fourth-order valence-corrected chi connectivity index (χ4v) is 2.63. The highest BCUT2D eigenvalue weighted by Crippen LogP contribution is 2.51. The predicted molar refractivity (Wildman–Crippen MR) is 65.3 cm³/mol. The van der Waals surface area contributed by atoms with Gasteiger partial charge in [-0.15, -0.1) is 0 Å². The number of ether oxygens (including phenoxy) is 2. The molecule has 1 aliphatic rings. The van der Waals surface area contributed by atoms with Crippen molar-refractivity contribution in [3.8, 4) is 5.75 Å². The molecule has 1 aromatic carbocycles. The molecule has 0 aromatic heterocycles. The molecule has 1 saturated heterocycles.